The van der Waals surface area contributed by atoms with Gasteiger partial charge in [0, 0.05) is 45.8 Å². The average Bonchev–Trinajstić information content (AvgIpc) is 3.26. The molecular formula is C21H20Cl3N3O3. The van der Waals surface area contributed by atoms with Gasteiger partial charge >= 0.3 is 6.09 Å². The van der Waals surface area contributed by atoms with E-state index in [0.717, 1.165) is 24.1 Å². The fraction of sp³-hybridized carbons (Fsp3) is 0.381. The van der Waals surface area contributed by atoms with Crippen LogP contribution < -0.4 is 0 Å². The van der Waals surface area contributed by atoms with Gasteiger partial charge in [-0.3, -0.25) is 9.78 Å². The number of benzene rings is 1. The molecule has 2 aliphatic heterocycles. The zero-order valence-electron chi connectivity index (χ0n) is 16.3. The summed E-state index contributed by atoms with van der Waals surface area (Å²) in [6.07, 6.45) is 0.584. The summed E-state index contributed by atoms with van der Waals surface area (Å²) < 4.78 is 0. The minimum absolute atomic E-state index is 0.179. The molecule has 2 aromatic rings. The van der Waals surface area contributed by atoms with Gasteiger partial charge in [-0.2, -0.15) is 0 Å². The first-order chi connectivity index (χ1) is 14.3. The molecule has 0 bridgehead atoms. The lowest BCUT2D eigenvalue weighted by molar-refractivity contribution is 0.0720. The van der Waals surface area contributed by atoms with E-state index in [2.05, 4.69) is 4.98 Å². The van der Waals surface area contributed by atoms with Crippen LogP contribution in [0.15, 0.2) is 18.2 Å². The smallest absolute Gasteiger partial charge is 0.407 e. The number of carbonyl (C=O) groups is 2. The molecule has 2 amide bonds. The molecule has 9 heteroatoms. The Hall–Kier alpha value is -2.02. The predicted molar refractivity (Wildman–Crippen MR) is 116 cm³/mol. The van der Waals surface area contributed by atoms with Crippen molar-refractivity contribution in [1.82, 2.24) is 14.8 Å². The van der Waals surface area contributed by atoms with Crippen molar-refractivity contribution in [2.24, 2.45) is 0 Å². The first-order valence-corrected chi connectivity index (χ1v) is 10.9. The summed E-state index contributed by atoms with van der Waals surface area (Å²) in [5.41, 5.74) is 4.01. The highest BCUT2D eigenvalue weighted by molar-refractivity contribution is 6.36. The molecule has 1 fully saturated rings. The van der Waals surface area contributed by atoms with Crippen molar-refractivity contribution in [2.75, 3.05) is 13.1 Å². The van der Waals surface area contributed by atoms with Crippen LogP contribution in [0.2, 0.25) is 10.0 Å². The lowest BCUT2D eigenvalue weighted by Gasteiger charge is -2.26. The van der Waals surface area contributed by atoms with Crippen LogP contribution in [-0.4, -0.2) is 51.0 Å². The van der Waals surface area contributed by atoms with Crippen LogP contribution in [0.4, 0.5) is 4.79 Å². The van der Waals surface area contributed by atoms with Gasteiger partial charge in [0.2, 0.25) is 0 Å². The van der Waals surface area contributed by atoms with Gasteiger partial charge in [0.15, 0.2) is 0 Å². The molecule has 0 aliphatic carbocycles. The molecule has 0 spiro atoms. The minimum atomic E-state index is -0.950. The van der Waals surface area contributed by atoms with Gasteiger partial charge in [0.05, 0.1) is 23.8 Å². The van der Waals surface area contributed by atoms with Crippen LogP contribution in [0.5, 0.6) is 0 Å². The third-order valence-corrected chi connectivity index (χ3v) is 6.62. The highest BCUT2D eigenvalue weighted by atomic mass is 35.5. The Morgan fingerprint density at radius 1 is 1.30 bits per heavy atom. The largest absolute Gasteiger partial charge is 0.465 e. The van der Waals surface area contributed by atoms with Crippen LogP contribution in [0.3, 0.4) is 0 Å². The Balaban J connectivity index is 1.76. The van der Waals surface area contributed by atoms with Gasteiger partial charge in [0.25, 0.3) is 5.91 Å². The molecule has 1 saturated heterocycles. The van der Waals surface area contributed by atoms with Crippen molar-refractivity contribution < 1.29 is 14.7 Å². The van der Waals surface area contributed by atoms with Gasteiger partial charge < -0.3 is 14.9 Å². The fourth-order valence-corrected chi connectivity index (χ4v) is 5.22. The Morgan fingerprint density at radius 3 is 2.73 bits per heavy atom. The summed E-state index contributed by atoms with van der Waals surface area (Å²) >= 11 is 18.8. The molecule has 1 aromatic carbocycles. The second-order valence-corrected chi connectivity index (χ2v) is 8.70. The van der Waals surface area contributed by atoms with Gasteiger partial charge in [-0.15, -0.1) is 11.6 Å². The molecule has 1 unspecified atom stereocenters. The molecule has 3 heterocycles. The number of hydrogen-bond acceptors (Lipinski definition) is 3. The minimum Gasteiger partial charge on any atom is -0.465 e. The van der Waals surface area contributed by atoms with E-state index < -0.39 is 6.09 Å². The number of carbonyl (C=O) groups excluding carboxylic acids is 1. The quantitative estimate of drug-likeness (QED) is 0.626. The van der Waals surface area contributed by atoms with E-state index in [9.17, 15) is 14.7 Å². The molecular weight excluding hydrogens is 449 g/mol. The SMILES string of the molecule is Cc1nc2c(c(-c3ccc(Cl)cc3Cl)c1CCl)C(=O)N(CC1CCCN1C(=O)O)C2. The number of fused-ring (bicyclic) bond motifs is 1. The van der Waals surface area contributed by atoms with Crippen molar-refractivity contribution in [2.45, 2.75) is 38.2 Å². The maximum atomic E-state index is 13.4. The number of rotatable bonds is 4. The first kappa shape index (κ1) is 21.2. The lowest BCUT2D eigenvalue weighted by Crippen LogP contribution is -2.42. The number of nitrogens with zero attached hydrogens (tertiary/aromatic N) is 3. The topological polar surface area (TPSA) is 73.7 Å². The molecule has 1 N–H and O–H groups in total. The van der Waals surface area contributed by atoms with Gasteiger partial charge in [-0.05, 0) is 37.5 Å². The monoisotopic (exact) mass is 467 g/mol. The molecule has 4 rings (SSSR count). The summed E-state index contributed by atoms with van der Waals surface area (Å²) in [5.74, 6) is 0.00504. The number of amides is 2. The number of halogens is 3. The average molecular weight is 469 g/mol. The zero-order valence-corrected chi connectivity index (χ0v) is 18.6. The summed E-state index contributed by atoms with van der Waals surface area (Å²) in [7, 11) is 0. The lowest BCUT2D eigenvalue weighted by atomic mass is 9.93. The number of alkyl halides is 1. The second kappa shape index (κ2) is 8.25. The summed E-state index contributed by atoms with van der Waals surface area (Å²) in [5, 5.41) is 10.4. The van der Waals surface area contributed by atoms with Crippen molar-refractivity contribution in [3.63, 3.8) is 0 Å². The molecule has 6 nitrogen and oxygen atoms in total. The highest BCUT2D eigenvalue weighted by Gasteiger charge is 2.38. The van der Waals surface area contributed by atoms with Crippen LogP contribution >= 0.6 is 34.8 Å². The molecule has 0 saturated carbocycles. The van der Waals surface area contributed by atoms with E-state index in [1.165, 1.54) is 4.90 Å². The molecule has 0 radical (unpaired) electrons. The number of likely N-dealkylation sites (tertiary alicyclic amines) is 1. The van der Waals surface area contributed by atoms with E-state index in [-0.39, 0.29) is 17.8 Å². The number of aryl methyl sites for hydroxylation is 1. The first-order valence-electron chi connectivity index (χ1n) is 9.64. The Labute approximate surface area is 189 Å². The number of pyridine rings is 1. The van der Waals surface area contributed by atoms with Crippen LogP contribution in [-0.2, 0) is 12.4 Å². The van der Waals surface area contributed by atoms with Gasteiger partial charge in [-0.25, -0.2) is 4.79 Å². The molecule has 158 valence electrons. The third kappa shape index (κ3) is 3.61. The van der Waals surface area contributed by atoms with E-state index in [1.54, 1.807) is 23.1 Å². The fourth-order valence-electron chi connectivity index (χ4n) is 4.39. The Bertz CT molecular complexity index is 1040. The van der Waals surface area contributed by atoms with Gasteiger partial charge in [0.1, 0.15) is 0 Å². The summed E-state index contributed by atoms with van der Waals surface area (Å²) in [6, 6.07) is 4.94. The predicted octanol–water partition coefficient (Wildman–Crippen LogP) is 5.20. The van der Waals surface area contributed by atoms with E-state index >= 15 is 0 Å². The molecule has 1 atom stereocenters. The van der Waals surface area contributed by atoms with Crippen LogP contribution in [0.1, 0.15) is 40.2 Å². The number of carboxylic acid groups (broad SMARTS) is 1. The van der Waals surface area contributed by atoms with Gasteiger partial charge in [-0.1, -0.05) is 29.3 Å². The number of aromatic nitrogens is 1. The Morgan fingerprint density at radius 2 is 2.07 bits per heavy atom. The Kier molecular flexibility index (Phi) is 5.84. The molecule has 1 aromatic heterocycles. The summed E-state index contributed by atoms with van der Waals surface area (Å²) in [6.45, 7) is 3.03. The maximum absolute atomic E-state index is 13.4. The zero-order chi connectivity index (χ0) is 21.6. The van der Waals surface area contributed by atoms with Crippen LogP contribution in [0.25, 0.3) is 11.1 Å². The van der Waals surface area contributed by atoms with Crippen molar-refractivity contribution in [3.8, 4) is 11.1 Å². The van der Waals surface area contributed by atoms with Crippen molar-refractivity contribution in [3.05, 3.63) is 50.8 Å². The summed E-state index contributed by atoms with van der Waals surface area (Å²) in [4.78, 5) is 32.6. The van der Waals surface area contributed by atoms with E-state index in [4.69, 9.17) is 34.8 Å². The molecule has 2 aliphatic rings. The van der Waals surface area contributed by atoms with Crippen molar-refractivity contribution >= 4 is 46.8 Å². The van der Waals surface area contributed by atoms with Crippen molar-refractivity contribution in [1.29, 1.82) is 0 Å². The van der Waals surface area contributed by atoms with Crippen LogP contribution in [0, 0.1) is 6.92 Å². The van der Waals surface area contributed by atoms with E-state index in [1.807, 2.05) is 6.92 Å². The third-order valence-electron chi connectivity index (χ3n) is 5.81. The molecule has 30 heavy (non-hydrogen) atoms. The number of hydrogen-bond donors (Lipinski definition) is 1. The standard InChI is InChI=1S/C21H20Cl3N3O3/c1-11-15(8-22)18(14-5-4-12(23)7-16(14)24)19-17(25-11)10-26(20(19)28)9-13-3-2-6-27(13)21(29)30/h4-5,7,13H,2-3,6,8-10H2,1H3,(H,29,30). The normalized spacial score (nSPS) is 18.3. The van der Waals surface area contributed by atoms with E-state index in [0.29, 0.717) is 52.1 Å². The highest BCUT2D eigenvalue weighted by Crippen LogP contribution is 2.40. The maximum Gasteiger partial charge on any atom is 0.407 e. The second-order valence-electron chi connectivity index (χ2n) is 7.59.